The van der Waals surface area contributed by atoms with Crippen LogP contribution in [0.5, 0.6) is 11.6 Å². The van der Waals surface area contributed by atoms with E-state index in [2.05, 4.69) is 15.7 Å². The molecule has 8 nitrogen and oxygen atoms in total. The summed E-state index contributed by atoms with van der Waals surface area (Å²) in [4.78, 5) is 35.6. The highest BCUT2D eigenvalue weighted by atomic mass is 16.5. The molecule has 29 heavy (non-hydrogen) atoms. The number of amides is 4. The van der Waals surface area contributed by atoms with E-state index < -0.39 is 17.8 Å². The van der Waals surface area contributed by atoms with Crippen LogP contribution in [0.3, 0.4) is 0 Å². The highest BCUT2D eigenvalue weighted by Crippen LogP contribution is 2.32. The Labute approximate surface area is 165 Å². The van der Waals surface area contributed by atoms with Gasteiger partial charge in [-0.15, -0.1) is 0 Å². The molecule has 2 N–H and O–H groups in total. The number of para-hydroxylation sites is 2. The second-order valence-corrected chi connectivity index (χ2v) is 6.26. The minimum Gasteiger partial charge on any atom is -0.438 e. The average Bonchev–Trinajstić information content (AvgIpc) is 3.01. The molecule has 2 heterocycles. The molecular formula is C21H16N4O4. The Morgan fingerprint density at radius 1 is 0.897 bits per heavy atom. The van der Waals surface area contributed by atoms with E-state index in [0.29, 0.717) is 22.9 Å². The number of hydrogen-bond donors (Lipinski definition) is 2. The fourth-order valence-corrected chi connectivity index (χ4v) is 2.88. The zero-order valence-corrected chi connectivity index (χ0v) is 15.4. The number of urea groups is 1. The largest absolute Gasteiger partial charge is 0.438 e. The molecule has 3 aromatic rings. The SMILES string of the molecule is Cc1nn(-c2ccccc2)c(Oc2ccccc2)c1C=C1C(=O)NC(=O)NC1=O. The molecule has 1 saturated heterocycles. The van der Waals surface area contributed by atoms with Crippen molar-refractivity contribution in [2.45, 2.75) is 6.92 Å². The third-order valence-corrected chi connectivity index (χ3v) is 4.25. The van der Waals surface area contributed by atoms with Crippen LogP contribution in [0.1, 0.15) is 11.3 Å². The topological polar surface area (TPSA) is 102 Å². The first kappa shape index (κ1) is 18.2. The van der Waals surface area contributed by atoms with Crippen LogP contribution in [0.4, 0.5) is 4.79 Å². The summed E-state index contributed by atoms with van der Waals surface area (Å²) in [5, 5.41) is 8.65. The molecule has 0 spiro atoms. The number of carbonyl (C=O) groups is 3. The molecule has 0 bridgehead atoms. The number of benzene rings is 2. The van der Waals surface area contributed by atoms with Crippen molar-refractivity contribution in [3.8, 4) is 17.3 Å². The Kier molecular flexibility index (Phi) is 4.66. The minimum atomic E-state index is -0.852. The third kappa shape index (κ3) is 3.63. The minimum absolute atomic E-state index is 0.210. The molecule has 144 valence electrons. The van der Waals surface area contributed by atoms with Gasteiger partial charge in [-0.25, -0.2) is 4.79 Å². The van der Waals surface area contributed by atoms with E-state index in [9.17, 15) is 14.4 Å². The molecule has 0 saturated carbocycles. The molecule has 1 fully saturated rings. The predicted octanol–water partition coefficient (Wildman–Crippen LogP) is 2.72. The second-order valence-electron chi connectivity index (χ2n) is 6.26. The molecule has 1 aromatic heterocycles. The Morgan fingerprint density at radius 2 is 1.48 bits per heavy atom. The lowest BCUT2D eigenvalue weighted by molar-refractivity contribution is -0.123. The number of imide groups is 2. The molecule has 0 unspecified atom stereocenters. The van der Waals surface area contributed by atoms with Crippen LogP contribution >= 0.6 is 0 Å². The maximum absolute atomic E-state index is 12.1. The van der Waals surface area contributed by atoms with E-state index >= 15 is 0 Å². The van der Waals surface area contributed by atoms with Crippen molar-refractivity contribution < 1.29 is 19.1 Å². The van der Waals surface area contributed by atoms with Gasteiger partial charge in [0, 0.05) is 0 Å². The summed E-state index contributed by atoms with van der Waals surface area (Å²) < 4.78 is 7.67. The van der Waals surface area contributed by atoms with Crippen molar-refractivity contribution in [2.24, 2.45) is 0 Å². The fraction of sp³-hybridized carbons (Fsp3) is 0.0476. The smallest absolute Gasteiger partial charge is 0.328 e. The van der Waals surface area contributed by atoms with Crippen molar-refractivity contribution in [1.29, 1.82) is 0 Å². The second kappa shape index (κ2) is 7.43. The van der Waals surface area contributed by atoms with Gasteiger partial charge in [-0.2, -0.15) is 9.78 Å². The van der Waals surface area contributed by atoms with Gasteiger partial charge < -0.3 is 4.74 Å². The molecule has 0 radical (unpaired) electrons. The molecule has 1 aliphatic rings. The predicted molar refractivity (Wildman–Crippen MR) is 104 cm³/mol. The third-order valence-electron chi connectivity index (χ3n) is 4.25. The summed E-state index contributed by atoms with van der Waals surface area (Å²) in [6.45, 7) is 1.74. The van der Waals surface area contributed by atoms with Crippen LogP contribution < -0.4 is 15.4 Å². The number of carbonyl (C=O) groups excluding carboxylic acids is 3. The Balaban J connectivity index is 1.86. The highest BCUT2D eigenvalue weighted by molar-refractivity contribution is 6.31. The van der Waals surface area contributed by atoms with Crippen LogP contribution in [-0.4, -0.2) is 27.6 Å². The number of rotatable bonds is 4. The Hall–Kier alpha value is -4.20. The monoisotopic (exact) mass is 388 g/mol. The number of aryl methyl sites for hydroxylation is 1. The first-order valence-electron chi connectivity index (χ1n) is 8.79. The van der Waals surface area contributed by atoms with Gasteiger partial charge in [0.15, 0.2) is 0 Å². The van der Waals surface area contributed by atoms with Gasteiger partial charge >= 0.3 is 6.03 Å². The van der Waals surface area contributed by atoms with Crippen LogP contribution in [0.2, 0.25) is 0 Å². The molecule has 8 heteroatoms. The normalized spacial score (nSPS) is 13.7. The number of nitrogens with one attached hydrogen (secondary N) is 2. The van der Waals surface area contributed by atoms with Crippen LogP contribution in [0, 0.1) is 6.92 Å². The highest BCUT2D eigenvalue weighted by Gasteiger charge is 2.29. The molecule has 4 amide bonds. The van der Waals surface area contributed by atoms with Crippen molar-refractivity contribution >= 4 is 23.9 Å². The first-order chi connectivity index (χ1) is 14.0. The molecule has 0 aliphatic carbocycles. The quantitative estimate of drug-likeness (QED) is 0.529. The summed E-state index contributed by atoms with van der Waals surface area (Å²) in [6, 6.07) is 17.6. The fourth-order valence-electron chi connectivity index (χ4n) is 2.88. The lowest BCUT2D eigenvalue weighted by Crippen LogP contribution is -2.51. The molecular weight excluding hydrogens is 372 g/mol. The maximum Gasteiger partial charge on any atom is 0.328 e. The summed E-state index contributed by atoms with van der Waals surface area (Å²) in [7, 11) is 0. The van der Waals surface area contributed by atoms with Crippen LogP contribution in [-0.2, 0) is 9.59 Å². The average molecular weight is 388 g/mol. The summed E-state index contributed by atoms with van der Waals surface area (Å²) in [5.41, 5.74) is 1.54. The van der Waals surface area contributed by atoms with Gasteiger partial charge in [0.2, 0.25) is 5.88 Å². The van der Waals surface area contributed by atoms with Gasteiger partial charge in [0.1, 0.15) is 11.3 Å². The summed E-state index contributed by atoms with van der Waals surface area (Å²) >= 11 is 0. The van der Waals surface area contributed by atoms with Crippen molar-refractivity contribution in [3.63, 3.8) is 0 Å². The van der Waals surface area contributed by atoms with Crippen molar-refractivity contribution in [1.82, 2.24) is 20.4 Å². The summed E-state index contributed by atoms with van der Waals surface area (Å²) in [6.07, 6.45) is 1.37. The van der Waals surface area contributed by atoms with Crippen molar-refractivity contribution in [3.05, 3.63) is 77.5 Å². The van der Waals surface area contributed by atoms with E-state index in [1.165, 1.54) is 6.08 Å². The van der Waals surface area contributed by atoms with Gasteiger partial charge in [-0.1, -0.05) is 36.4 Å². The maximum atomic E-state index is 12.1. The van der Waals surface area contributed by atoms with Crippen LogP contribution in [0.15, 0.2) is 66.2 Å². The van der Waals surface area contributed by atoms with Crippen molar-refractivity contribution in [2.75, 3.05) is 0 Å². The number of hydrogen-bond acceptors (Lipinski definition) is 5. The van der Waals surface area contributed by atoms with E-state index in [4.69, 9.17) is 4.74 Å². The van der Waals surface area contributed by atoms with Gasteiger partial charge in [-0.3, -0.25) is 20.2 Å². The van der Waals surface area contributed by atoms with E-state index in [1.807, 2.05) is 48.5 Å². The number of barbiturate groups is 1. The molecule has 0 atom stereocenters. The lowest BCUT2D eigenvalue weighted by atomic mass is 10.1. The van der Waals surface area contributed by atoms with E-state index in [0.717, 1.165) is 5.69 Å². The van der Waals surface area contributed by atoms with Gasteiger partial charge in [0.25, 0.3) is 11.8 Å². The number of nitrogens with zero attached hydrogens (tertiary/aromatic N) is 2. The zero-order chi connectivity index (χ0) is 20.4. The Bertz CT molecular complexity index is 1110. The molecule has 1 aliphatic heterocycles. The molecule has 4 rings (SSSR count). The van der Waals surface area contributed by atoms with E-state index in [-0.39, 0.29) is 5.57 Å². The lowest BCUT2D eigenvalue weighted by Gasteiger charge is -2.14. The van der Waals surface area contributed by atoms with Crippen LogP contribution in [0.25, 0.3) is 11.8 Å². The number of ether oxygens (including phenoxy) is 1. The van der Waals surface area contributed by atoms with Gasteiger partial charge in [-0.05, 0) is 37.3 Å². The zero-order valence-electron chi connectivity index (χ0n) is 15.4. The number of aromatic nitrogens is 2. The first-order valence-corrected chi connectivity index (χ1v) is 8.79. The van der Waals surface area contributed by atoms with E-state index in [1.54, 1.807) is 23.7 Å². The molecule has 2 aromatic carbocycles. The summed E-state index contributed by atoms with van der Waals surface area (Å²) in [5.74, 6) is -0.658. The Morgan fingerprint density at radius 3 is 2.10 bits per heavy atom. The van der Waals surface area contributed by atoms with Gasteiger partial charge in [0.05, 0.1) is 16.9 Å². The standard InChI is InChI=1S/C21H16N4O4/c1-13-16(12-17-18(26)22-21(28)23-19(17)27)20(29-15-10-6-3-7-11-15)25(24-13)14-8-4-2-5-9-14/h2-12H,1H3,(H2,22,23,26,27,28).